The predicted molar refractivity (Wildman–Crippen MR) is 75.6 cm³/mol. The number of hydrogen-bond donors (Lipinski definition) is 1. The Kier molecular flexibility index (Phi) is 5.23. The fraction of sp³-hybridized carbons (Fsp3) is 0.714. The molecule has 0 aliphatic carbocycles. The van der Waals surface area contributed by atoms with Gasteiger partial charge in [0.05, 0.1) is 11.4 Å². The molecular weight excluding hydrogens is 224 g/mol. The molecule has 1 aromatic heterocycles. The third kappa shape index (κ3) is 5.56. The number of likely N-dealkylation sites (N-methyl/N-ethyl adjacent to an activating group) is 1. The van der Waals surface area contributed by atoms with Gasteiger partial charge >= 0.3 is 0 Å². The molecule has 1 aromatic rings. The third-order valence-electron chi connectivity index (χ3n) is 2.79. The Morgan fingerprint density at radius 2 is 1.89 bits per heavy atom. The van der Waals surface area contributed by atoms with E-state index in [0.29, 0.717) is 0 Å². The molecule has 1 rings (SSSR count). The van der Waals surface area contributed by atoms with Crippen molar-refractivity contribution in [2.75, 3.05) is 20.1 Å². The van der Waals surface area contributed by atoms with Crippen molar-refractivity contribution < 1.29 is 0 Å². The van der Waals surface area contributed by atoms with Gasteiger partial charge in [-0.15, -0.1) is 0 Å². The Bertz CT molecular complexity index is 382. The van der Waals surface area contributed by atoms with Gasteiger partial charge in [-0.2, -0.15) is 10.2 Å². The zero-order valence-electron chi connectivity index (χ0n) is 12.5. The summed E-state index contributed by atoms with van der Waals surface area (Å²) in [5.41, 5.74) is 3.46. The van der Waals surface area contributed by atoms with Crippen LogP contribution in [0.3, 0.4) is 0 Å². The van der Waals surface area contributed by atoms with Crippen LogP contribution in [0.2, 0.25) is 0 Å². The predicted octanol–water partition coefficient (Wildman–Crippen LogP) is 1.91. The molecule has 4 nitrogen and oxygen atoms in total. The normalized spacial score (nSPS) is 12.2. The monoisotopic (exact) mass is 250 g/mol. The molecule has 1 heterocycles. The van der Waals surface area contributed by atoms with Gasteiger partial charge in [0, 0.05) is 25.2 Å². The van der Waals surface area contributed by atoms with Gasteiger partial charge in [-0.25, -0.2) is 0 Å². The molecular formula is C14H26N4. The van der Waals surface area contributed by atoms with Gasteiger partial charge in [0.2, 0.25) is 0 Å². The quantitative estimate of drug-likeness (QED) is 0.867. The van der Waals surface area contributed by atoms with E-state index in [1.54, 1.807) is 0 Å². The first-order valence-electron chi connectivity index (χ1n) is 6.51. The van der Waals surface area contributed by atoms with Crippen LogP contribution in [0.4, 0.5) is 0 Å². The molecule has 4 heteroatoms. The summed E-state index contributed by atoms with van der Waals surface area (Å²) in [6.45, 7) is 13.5. The standard InChI is InChI=1S/C14H26N4/c1-11-9-13(12(2)17-16-11)10-18(6)8-7-15-14(3,4)5/h9,15H,7-8,10H2,1-6H3. The maximum Gasteiger partial charge on any atom is 0.0645 e. The number of rotatable bonds is 5. The summed E-state index contributed by atoms with van der Waals surface area (Å²) in [7, 11) is 2.14. The molecule has 0 aliphatic rings. The van der Waals surface area contributed by atoms with E-state index in [4.69, 9.17) is 0 Å². The highest BCUT2D eigenvalue weighted by molar-refractivity contribution is 5.19. The maximum absolute atomic E-state index is 4.16. The number of aryl methyl sites for hydroxylation is 2. The summed E-state index contributed by atoms with van der Waals surface area (Å²) < 4.78 is 0. The van der Waals surface area contributed by atoms with Crippen LogP contribution in [0.25, 0.3) is 0 Å². The Balaban J connectivity index is 2.44. The highest BCUT2D eigenvalue weighted by Crippen LogP contribution is 2.08. The number of hydrogen-bond acceptors (Lipinski definition) is 4. The zero-order chi connectivity index (χ0) is 13.8. The molecule has 0 aliphatic heterocycles. The van der Waals surface area contributed by atoms with Gasteiger partial charge in [0.25, 0.3) is 0 Å². The smallest absolute Gasteiger partial charge is 0.0645 e. The topological polar surface area (TPSA) is 41.0 Å². The molecule has 1 N–H and O–H groups in total. The van der Waals surface area contributed by atoms with E-state index in [2.05, 4.69) is 54.3 Å². The van der Waals surface area contributed by atoms with Crippen LogP contribution in [0.5, 0.6) is 0 Å². The van der Waals surface area contributed by atoms with Crippen LogP contribution in [-0.2, 0) is 6.54 Å². The molecule has 0 amide bonds. The summed E-state index contributed by atoms with van der Waals surface area (Å²) in [6.07, 6.45) is 0. The SMILES string of the molecule is Cc1cc(CN(C)CCNC(C)(C)C)c(C)nn1. The van der Waals surface area contributed by atoms with Crippen molar-refractivity contribution in [2.45, 2.75) is 46.7 Å². The molecule has 18 heavy (non-hydrogen) atoms. The maximum atomic E-state index is 4.16. The van der Waals surface area contributed by atoms with Crippen molar-refractivity contribution in [3.05, 3.63) is 23.0 Å². The van der Waals surface area contributed by atoms with E-state index in [9.17, 15) is 0 Å². The molecule has 0 bridgehead atoms. The first-order valence-corrected chi connectivity index (χ1v) is 6.51. The molecule has 0 radical (unpaired) electrons. The third-order valence-corrected chi connectivity index (χ3v) is 2.79. The molecule has 102 valence electrons. The summed E-state index contributed by atoms with van der Waals surface area (Å²) >= 11 is 0. The van der Waals surface area contributed by atoms with Crippen molar-refractivity contribution in [1.82, 2.24) is 20.4 Å². The average molecular weight is 250 g/mol. The van der Waals surface area contributed by atoms with Gasteiger partial charge in [-0.05, 0) is 53.3 Å². The average Bonchev–Trinajstić information content (AvgIpc) is 2.21. The van der Waals surface area contributed by atoms with Gasteiger partial charge in [0.1, 0.15) is 0 Å². The van der Waals surface area contributed by atoms with Gasteiger partial charge in [-0.1, -0.05) is 0 Å². The summed E-state index contributed by atoms with van der Waals surface area (Å²) in [6, 6.07) is 2.12. The molecule has 0 atom stereocenters. The van der Waals surface area contributed by atoms with Crippen LogP contribution in [0, 0.1) is 13.8 Å². The molecule has 0 aromatic carbocycles. The van der Waals surface area contributed by atoms with Crippen molar-refractivity contribution >= 4 is 0 Å². The van der Waals surface area contributed by atoms with Crippen molar-refractivity contribution in [3.8, 4) is 0 Å². The van der Waals surface area contributed by atoms with Gasteiger partial charge < -0.3 is 10.2 Å². The number of aromatic nitrogens is 2. The lowest BCUT2D eigenvalue weighted by atomic mass is 10.1. The van der Waals surface area contributed by atoms with E-state index < -0.39 is 0 Å². The Morgan fingerprint density at radius 3 is 2.50 bits per heavy atom. The van der Waals surface area contributed by atoms with E-state index >= 15 is 0 Å². The second kappa shape index (κ2) is 6.25. The molecule has 0 saturated heterocycles. The summed E-state index contributed by atoms with van der Waals surface area (Å²) in [5.74, 6) is 0. The lowest BCUT2D eigenvalue weighted by Crippen LogP contribution is -2.40. The zero-order valence-corrected chi connectivity index (χ0v) is 12.5. The number of nitrogens with one attached hydrogen (secondary N) is 1. The van der Waals surface area contributed by atoms with Crippen molar-refractivity contribution in [2.24, 2.45) is 0 Å². The molecule has 0 unspecified atom stereocenters. The van der Waals surface area contributed by atoms with E-state index in [0.717, 1.165) is 31.0 Å². The minimum Gasteiger partial charge on any atom is -0.311 e. The lowest BCUT2D eigenvalue weighted by Gasteiger charge is -2.23. The number of nitrogens with zero attached hydrogens (tertiary/aromatic N) is 3. The Labute approximate surface area is 111 Å². The van der Waals surface area contributed by atoms with Crippen LogP contribution in [-0.4, -0.2) is 40.8 Å². The van der Waals surface area contributed by atoms with Gasteiger partial charge in [0.15, 0.2) is 0 Å². The second-order valence-corrected chi connectivity index (χ2v) is 6.01. The molecule has 0 fully saturated rings. The van der Waals surface area contributed by atoms with Crippen molar-refractivity contribution in [1.29, 1.82) is 0 Å². The lowest BCUT2D eigenvalue weighted by molar-refractivity contribution is 0.302. The Hall–Kier alpha value is -1.00. The van der Waals surface area contributed by atoms with Crippen LogP contribution in [0.1, 0.15) is 37.7 Å². The van der Waals surface area contributed by atoms with E-state index in [-0.39, 0.29) is 5.54 Å². The summed E-state index contributed by atoms with van der Waals surface area (Å²) in [4.78, 5) is 2.31. The first kappa shape index (κ1) is 15.1. The van der Waals surface area contributed by atoms with Crippen LogP contribution < -0.4 is 5.32 Å². The summed E-state index contributed by atoms with van der Waals surface area (Å²) in [5, 5.41) is 11.7. The van der Waals surface area contributed by atoms with Crippen molar-refractivity contribution in [3.63, 3.8) is 0 Å². The first-order chi connectivity index (χ1) is 8.28. The van der Waals surface area contributed by atoms with Crippen LogP contribution in [0.15, 0.2) is 6.07 Å². The fourth-order valence-electron chi connectivity index (χ4n) is 1.76. The fourth-order valence-corrected chi connectivity index (χ4v) is 1.76. The highest BCUT2D eigenvalue weighted by Gasteiger charge is 2.09. The van der Waals surface area contributed by atoms with Gasteiger partial charge in [-0.3, -0.25) is 0 Å². The minimum atomic E-state index is 0.186. The largest absolute Gasteiger partial charge is 0.311 e. The minimum absolute atomic E-state index is 0.186. The highest BCUT2D eigenvalue weighted by atomic mass is 15.1. The second-order valence-electron chi connectivity index (χ2n) is 6.01. The van der Waals surface area contributed by atoms with Crippen LogP contribution >= 0.6 is 0 Å². The Morgan fingerprint density at radius 1 is 1.22 bits per heavy atom. The van der Waals surface area contributed by atoms with E-state index in [1.165, 1.54) is 5.56 Å². The molecule has 0 spiro atoms. The molecule has 0 saturated carbocycles. The van der Waals surface area contributed by atoms with E-state index in [1.807, 2.05) is 13.8 Å².